The van der Waals surface area contributed by atoms with E-state index in [0.29, 0.717) is 0 Å². The number of carbonyl (C=O) groups excluding carboxylic acids is 2. The molecule has 0 spiro atoms. The first-order valence-electron chi connectivity index (χ1n) is 5.16. The van der Waals surface area contributed by atoms with Crippen molar-refractivity contribution >= 4 is 11.9 Å². The van der Waals surface area contributed by atoms with Gasteiger partial charge in [0.2, 0.25) is 6.17 Å². The zero-order valence-electron chi connectivity index (χ0n) is 10.5. The second-order valence-electron chi connectivity index (χ2n) is 3.59. The summed E-state index contributed by atoms with van der Waals surface area (Å²) in [7, 11) is 0.858. The van der Waals surface area contributed by atoms with Gasteiger partial charge in [0.1, 0.15) is 0 Å². The first-order valence-corrected chi connectivity index (χ1v) is 5.16. The van der Waals surface area contributed by atoms with Gasteiger partial charge in [0.15, 0.2) is 0 Å². The maximum absolute atomic E-state index is 12.9. The Bertz CT molecular complexity index is 437. The molecule has 0 saturated carbocycles. The Hall–Kier alpha value is -1.88. The number of alkyl halides is 8. The van der Waals surface area contributed by atoms with Crippen LogP contribution in [0.1, 0.15) is 0 Å². The van der Waals surface area contributed by atoms with Gasteiger partial charge in [-0.15, -0.1) is 0 Å². The van der Waals surface area contributed by atoms with Gasteiger partial charge in [-0.05, 0) is 0 Å². The van der Waals surface area contributed by atoms with E-state index in [1.807, 2.05) is 0 Å². The van der Waals surface area contributed by atoms with Crippen LogP contribution in [-0.2, 0) is 19.1 Å². The summed E-state index contributed by atoms with van der Waals surface area (Å²) in [5.41, 5.74) is 0. The summed E-state index contributed by atoms with van der Waals surface area (Å²) in [4.78, 5) is 21.3. The largest absolute Gasteiger partial charge is 0.466 e. The van der Waals surface area contributed by atoms with Gasteiger partial charge in [0, 0.05) is 12.2 Å². The molecule has 0 aromatic heterocycles. The van der Waals surface area contributed by atoms with Crippen molar-refractivity contribution in [1.29, 1.82) is 0 Å². The minimum atomic E-state index is -6.15. The molecule has 0 radical (unpaired) electrons. The SMILES string of the molecule is COC(=O)/C=C/C(=O)OC(F)C(F)(F)C(F)(F)C(F)C(F)F. The Balaban J connectivity index is 5.02. The zero-order valence-corrected chi connectivity index (χ0v) is 10.5. The van der Waals surface area contributed by atoms with Crippen LogP contribution in [0.5, 0.6) is 0 Å². The van der Waals surface area contributed by atoms with Crippen LogP contribution in [-0.4, -0.2) is 49.8 Å². The van der Waals surface area contributed by atoms with E-state index in [0.717, 1.165) is 7.11 Å². The summed E-state index contributed by atoms with van der Waals surface area (Å²) < 4.78 is 107. The van der Waals surface area contributed by atoms with E-state index in [4.69, 9.17) is 0 Å². The van der Waals surface area contributed by atoms with E-state index in [-0.39, 0.29) is 12.2 Å². The molecular formula is C10H8F8O4. The van der Waals surface area contributed by atoms with E-state index >= 15 is 0 Å². The summed E-state index contributed by atoms with van der Waals surface area (Å²) >= 11 is 0. The van der Waals surface area contributed by atoms with Gasteiger partial charge in [0.05, 0.1) is 7.11 Å². The molecule has 0 aliphatic heterocycles. The van der Waals surface area contributed by atoms with Gasteiger partial charge < -0.3 is 9.47 Å². The number of ether oxygens (including phenoxy) is 2. The van der Waals surface area contributed by atoms with Crippen LogP contribution in [0.3, 0.4) is 0 Å². The molecule has 0 aromatic rings. The van der Waals surface area contributed by atoms with Gasteiger partial charge >= 0.3 is 30.1 Å². The highest BCUT2D eigenvalue weighted by molar-refractivity contribution is 5.91. The molecule has 0 amide bonds. The molecule has 0 aliphatic rings. The predicted molar refractivity (Wildman–Crippen MR) is 52.9 cm³/mol. The van der Waals surface area contributed by atoms with Crippen molar-refractivity contribution in [3.63, 3.8) is 0 Å². The first kappa shape index (κ1) is 20.1. The fourth-order valence-electron chi connectivity index (χ4n) is 0.913. The molecule has 2 unspecified atom stereocenters. The molecule has 0 N–H and O–H groups in total. The third-order valence-electron chi connectivity index (χ3n) is 2.07. The Morgan fingerprint density at radius 3 is 1.77 bits per heavy atom. The standard InChI is InChI=1S/C10H8F8O4/c1-21-4(19)2-3-5(20)22-8(14)10(17,18)9(15,16)6(11)7(12)13/h2-3,6-8H,1H3/b3-2+. The fourth-order valence-corrected chi connectivity index (χ4v) is 0.913. The topological polar surface area (TPSA) is 52.6 Å². The van der Waals surface area contributed by atoms with Crippen LogP contribution in [0.25, 0.3) is 0 Å². The second-order valence-corrected chi connectivity index (χ2v) is 3.59. The number of esters is 2. The van der Waals surface area contributed by atoms with E-state index in [1.165, 1.54) is 0 Å². The van der Waals surface area contributed by atoms with Gasteiger partial charge in [-0.2, -0.15) is 22.0 Å². The molecule has 0 fully saturated rings. The summed E-state index contributed by atoms with van der Waals surface area (Å²) in [6, 6.07) is 0. The molecule has 0 bridgehead atoms. The lowest BCUT2D eigenvalue weighted by Crippen LogP contribution is -2.56. The highest BCUT2D eigenvalue weighted by atomic mass is 19.3. The number of hydrogen-bond acceptors (Lipinski definition) is 4. The third-order valence-corrected chi connectivity index (χ3v) is 2.07. The molecule has 2 atom stereocenters. The zero-order chi connectivity index (χ0) is 17.7. The fraction of sp³-hybridized carbons (Fsp3) is 0.600. The van der Waals surface area contributed by atoms with Gasteiger partial charge in [-0.1, -0.05) is 0 Å². The minimum Gasteiger partial charge on any atom is -0.466 e. The molecule has 0 rings (SSSR count). The molecule has 0 aliphatic carbocycles. The van der Waals surface area contributed by atoms with E-state index < -0.39 is 42.7 Å². The quantitative estimate of drug-likeness (QED) is 0.404. The summed E-state index contributed by atoms with van der Waals surface area (Å²) in [5, 5.41) is 0. The predicted octanol–water partition coefficient (Wildman–Crippen LogP) is 2.43. The highest BCUT2D eigenvalue weighted by Gasteiger charge is 2.70. The lowest BCUT2D eigenvalue weighted by atomic mass is 10.1. The smallest absolute Gasteiger partial charge is 0.378 e. The van der Waals surface area contributed by atoms with Crippen molar-refractivity contribution in [2.24, 2.45) is 0 Å². The van der Waals surface area contributed by atoms with Crippen molar-refractivity contribution < 1.29 is 54.2 Å². The van der Waals surface area contributed by atoms with Crippen LogP contribution in [0.4, 0.5) is 35.1 Å². The van der Waals surface area contributed by atoms with Crippen molar-refractivity contribution in [1.82, 2.24) is 0 Å². The molecule has 0 aromatic carbocycles. The Kier molecular flexibility index (Phi) is 6.77. The molecule has 0 heterocycles. The number of rotatable bonds is 7. The van der Waals surface area contributed by atoms with Crippen LogP contribution in [0.2, 0.25) is 0 Å². The third kappa shape index (κ3) is 4.56. The summed E-state index contributed by atoms with van der Waals surface area (Å²) in [6.45, 7) is 0. The monoisotopic (exact) mass is 344 g/mol. The lowest BCUT2D eigenvalue weighted by Gasteiger charge is -2.30. The molecule has 22 heavy (non-hydrogen) atoms. The minimum absolute atomic E-state index is 0.0483. The van der Waals surface area contributed by atoms with Crippen molar-refractivity contribution in [2.75, 3.05) is 7.11 Å². The van der Waals surface area contributed by atoms with E-state index in [2.05, 4.69) is 9.47 Å². The second kappa shape index (κ2) is 7.40. The maximum atomic E-state index is 12.9. The average molecular weight is 344 g/mol. The number of hydrogen-bond donors (Lipinski definition) is 0. The molecular weight excluding hydrogens is 336 g/mol. The number of halogens is 8. The van der Waals surface area contributed by atoms with Crippen molar-refractivity contribution in [2.45, 2.75) is 30.8 Å². The Labute approximate surface area is 117 Å². The van der Waals surface area contributed by atoms with Gasteiger partial charge in [0.25, 0.3) is 6.43 Å². The molecule has 4 nitrogen and oxygen atoms in total. The van der Waals surface area contributed by atoms with E-state index in [1.54, 1.807) is 0 Å². The van der Waals surface area contributed by atoms with Crippen molar-refractivity contribution in [3.8, 4) is 0 Å². The molecule has 12 heteroatoms. The molecule has 0 saturated heterocycles. The highest BCUT2D eigenvalue weighted by Crippen LogP contribution is 2.44. The van der Waals surface area contributed by atoms with Crippen LogP contribution in [0, 0.1) is 0 Å². The van der Waals surface area contributed by atoms with Crippen LogP contribution < -0.4 is 0 Å². The van der Waals surface area contributed by atoms with Crippen molar-refractivity contribution in [3.05, 3.63) is 12.2 Å². The number of methoxy groups -OCH3 is 1. The average Bonchev–Trinajstić information content (AvgIpc) is 2.42. The lowest BCUT2D eigenvalue weighted by molar-refractivity contribution is -0.312. The van der Waals surface area contributed by atoms with E-state index in [9.17, 15) is 44.7 Å². The van der Waals surface area contributed by atoms with Crippen LogP contribution in [0.15, 0.2) is 12.2 Å². The Morgan fingerprint density at radius 2 is 1.36 bits per heavy atom. The summed E-state index contributed by atoms with van der Waals surface area (Å²) in [6.07, 6.45) is -13.3. The van der Waals surface area contributed by atoms with Gasteiger partial charge in [-0.3, -0.25) is 0 Å². The maximum Gasteiger partial charge on any atom is 0.378 e. The summed E-state index contributed by atoms with van der Waals surface area (Å²) in [5.74, 6) is -15.4. The van der Waals surface area contributed by atoms with Gasteiger partial charge in [-0.25, -0.2) is 22.8 Å². The first-order chi connectivity index (χ1) is 9.87. The van der Waals surface area contributed by atoms with Crippen LogP contribution >= 0.6 is 0 Å². The normalized spacial score (nSPS) is 15.7. The number of carbonyl (C=O) groups is 2. The Morgan fingerprint density at radius 1 is 0.909 bits per heavy atom. The molecule has 128 valence electrons.